The van der Waals surface area contributed by atoms with Gasteiger partial charge < -0.3 is 5.32 Å². The molecule has 0 aliphatic heterocycles. The molecular weight excluding hydrogens is 336 g/mol. The van der Waals surface area contributed by atoms with Gasteiger partial charge in [-0.2, -0.15) is 0 Å². The minimum absolute atomic E-state index is 0.163. The van der Waals surface area contributed by atoms with Crippen molar-refractivity contribution in [1.29, 1.82) is 0 Å². The fraction of sp³-hybridized carbons (Fsp3) is 0.316. The molecule has 1 amide bonds. The van der Waals surface area contributed by atoms with Crippen LogP contribution in [-0.4, -0.2) is 20.9 Å². The molecule has 0 spiro atoms. The zero-order chi connectivity index (χ0) is 18.3. The summed E-state index contributed by atoms with van der Waals surface area (Å²) in [5.74, 6) is -0.274. The Kier molecular flexibility index (Phi) is 6.73. The fourth-order valence-corrected chi connectivity index (χ4v) is 3.36. The second-order valence-corrected chi connectivity index (χ2v) is 7.72. The van der Waals surface area contributed by atoms with Gasteiger partial charge in [-0.1, -0.05) is 37.5 Å². The van der Waals surface area contributed by atoms with Crippen LogP contribution in [-0.2, 0) is 10.0 Å². The van der Waals surface area contributed by atoms with Gasteiger partial charge in [0.2, 0.25) is 10.0 Å². The number of hydrogen-bond acceptors (Lipinski definition) is 3. The first-order chi connectivity index (χ1) is 11.9. The maximum absolute atomic E-state index is 12.2. The largest absolute Gasteiger partial charge is 0.322 e. The number of benzene rings is 2. The van der Waals surface area contributed by atoms with Gasteiger partial charge in [-0.15, -0.1) is 0 Å². The number of carbonyl (C=O) groups excluding carboxylic acids is 1. The zero-order valence-electron chi connectivity index (χ0n) is 14.6. The Hall–Kier alpha value is -2.18. The predicted molar refractivity (Wildman–Crippen MR) is 100 cm³/mol. The Morgan fingerprint density at radius 1 is 0.960 bits per heavy atom. The summed E-state index contributed by atoms with van der Waals surface area (Å²) in [6.45, 7) is 4.46. The third-order valence-electron chi connectivity index (χ3n) is 3.81. The molecule has 0 bridgehead atoms. The van der Waals surface area contributed by atoms with Gasteiger partial charge in [0.1, 0.15) is 0 Å². The van der Waals surface area contributed by atoms with E-state index in [1.54, 1.807) is 0 Å². The third-order valence-corrected chi connectivity index (χ3v) is 5.29. The van der Waals surface area contributed by atoms with Gasteiger partial charge in [0.05, 0.1) is 4.90 Å². The molecule has 134 valence electrons. The Balaban J connectivity index is 2.00. The molecule has 0 aliphatic carbocycles. The van der Waals surface area contributed by atoms with Crippen molar-refractivity contribution < 1.29 is 13.2 Å². The van der Waals surface area contributed by atoms with E-state index >= 15 is 0 Å². The molecule has 0 radical (unpaired) electrons. The molecule has 0 aromatic heterocycles. The SMILES string of the molecule is CCCCCNS(=O)(=O)c1ccc(C(=O)Nc2ccc(C)cc2)cc1. The topological polar surface area (TPSA) is 75.3 Å². The summed E-state index contributed by atoms with van der Waals surface area (Å²) in [6.07, 6.45) is 2.83. The third kappa shape index (κ3) is 5.69. The van der Waals surface area contributed by atoms with Crippen LogP contribution in [0.4, 0.5) is 5.69 Å². The van der Waals surface area contributed by atoms with E-state index in [0.29, 0.717) is 17.8 Å². The number of aryl methyl sites for hydroxylation is 1. The van der Waals surface area contributed by atoms with Crippen molar-refractivity contribution in [2.24, 2.45) is 0 Å². The number of sulfonamides is 1. The van der Waals surface area contributed by atoms with E-state index in [2.05, 4.69) is 17.0 Å². The lowest BCUT2D eigenvalue weighted by molar-refractivity contribution is 0.102. The van der Waals surface area contributed by atoms with Crippen molar-refractivity contribution in [2.75, 3.05) is 11.9 Å². The Labute approximate surface area is 149 Å². The molecule has 0 aliphatic rings. The number of anilines is 1. The van der Waals surface area contributed by atoms with E-state index < -0.39 is 10.0 Å². The van der Waals surface area contributed by atoms with Crippen molar-refractivity contribution in [1.82, 2.24) is 4.72 Å². The van der Waals surface area contributed by atoms with E-state index in [0.717, 1.165) is 24.8 Å². The van der Waals surface area contributed by atoms with Crippen molar-refractivity contribution in [3.8, 4) is 0 Å². The Bertz CT molecular complexity index is 798. The van der Waals surface area contributed by atoms with Gasteiger partial charge in [-0.05, 0) is 49.7 Å². The molecule has 2 N–H and O–H groups in total. The predicted octanol–water partition coefficient (Wildman–Crippen LogP) is 3.72. The van der Waals surface area contributed by atoms with E-state index in [1.807, 2.05) is 31.2 Å². The lowest BCUT2D eigenvalue weighted by Crippen LogP contribution is -2.24. The molecule has 0 unspecified atom stereocenters. The summed E-state index contributed by atoms with van der Waals surface area (Å²) in [7, 11) is -3.53. The van der Waals surface area contributed by atoms with Crippen molar-refractivity contribution >= 4 is 21.6 Å². The monoisotopic (exact) mass is 360 g/mol. The quantitative estimate of drug-likeness (QED) is 0.705. The van der Waals surface area contributed by atoms with Crippen LogP contribution in [0.1, 0.15) is 42.1 Å². The first-order valence-electron chi connectivity index (χ1n) is 8.40. The lowest BCUT2D eigenvalue weighted by atomic mass is 10.2. The van der Waals surface area contributed by atoms with E-state index in [-0.39, 0.29) is 10.8 Å². The zero-order valence-corrected chi connectivity index (χ0v) is 15.4. The summed E-state index contributed by atoms with van der Waals surface area (Å²) in [6, 6.07) is 13.4. The average Bonchev–Trinajstić information content (AvgIpc) is 2.61. The molecule has 0 saturated heterocycles. The number of carbonyl (C=O) groups is 1. The average molecular weight is 360 g/mol. The van der Waals surface area contributed by atoms with Gasteiger partial charge in [0.25, 0.3) is 5.91 Å². The first kappa shape index (κ1) is 19.1. The maximum atomic E-state index is 12.2. The summed E-state index contributed by atoms with van der Waals surface area (Å²) < 4.78 is 27.0. The minimum Gasteiger partial charge on any atom is -0.322 e. The second-order valence-electron chi connectivity index (χ2n) is 5.95. The number of unbranched alkanes of at least 4 members (excludes halogenated alkanes) is 2. The maximum Gasteiger partial charge on any atom is 0.255 e. The first-order valence-corrected chi connectivity index (χ1v) is 9.88. The standard InChI is InChI=1S/C19H24N2O3S/c1-3-4-5-14-20-25(23,24)18-12-8-16(9-13-18)19(22)21-17-10-6-15(2)7-11-17/h6-13,20H,3-5,14H2,1-2H3,(H,21,22). The van der Waals surface area contributed by atoms with Crippen molar-refractivity contribution in [3.63, 3.8) is 0 Å². The molecule has 25 heavy (non-hydrogen) atoms. The molecule has 2 aromatic rings. The van der Waals surface area contributed by atoms with Crippen LogP contribution in [0, 0.1) is 6.92 Å². The molecule has 0 atom stereocenters. The molecule has 0 heterocycles. The van der Waals surface area contributed by atoms with Gasteiger partial charge in [0, 0.05) is 17.8 Å². The normalized spacial score (nSPS) is 11.3. The van der Waals surface area contributed by atoms with Crippen LogP contribution < -0.4 is 10.0 Å². The van der Waals surface area contributed by atoms with Crippen molar-refractivity contribution in [3.05, 3.63) is 59.7 Å². The summed E-state index contributed by atoms with van der Waals surface area (Å²) in [5, 5.41) is 2.79. The summed E-state index contributed by atoms with van der Waals surface area (Å²) in [4.78, 5) is 12.4. The molecule has 5 nitrogen and oxygen atoms in total. The Morgan fingerprint density at radius 2 is 1.60 bits per heavy atom. The molecule has 0 fully saturated rings. The number of amides is 1. The van der Waals surface area contributed by atoms with Gasteiger partial charge in [-0.25, -0.2) is 13.1 Å². The van der Waals surface area contributed by atoms with Crippen LogP contribution in [0.5, 0.6) is 0 Å². The van der Waals surface area contributed by atoms with Crippen LogP contribution in [0.3, 0.4) is 0 Å². The second kappa shape index (κ2) is 8.78. The highest BCUT2D eigenvalue weighted by atomic mass is 32.2. The van der Waals surface area contributed by atoms with Gasteiger partial charge >= 0.3 is 0 Å². The highest BCUT2D eigenvalue weighted by Crippen LogP contribution is 2.14. The lowest BCUT2D eigenvalue weighted by Gasteiger charge is -2.08. The smallest absolute Gasteiger partial charge is 0.255 e. The fourth-order valence-electron chi connectivity index (χ4n) is 2.29. The van der Waals surface area contributed by atoms with E-state index in [4.69, 9.17) is 0 Å². The van der Waals surface area contributed by atoms with Crippen molar-refractivity contribution in [2.45, 2.75) is 38.0 Å². The molecule has 2 aromatic carbocycles. The molecule has 0 saturated carbocycles. The molecule has 2 rings (SSSR count). The van der Waals surface area contributed by atoms with Crippen LogP contribution in [0.25, 0.3) is 0 Å². The highest BCUT2D eigenvalue weighted by Gasteiger charge is 2.14. The summed E-state index contributed by atoms with van der Waals surface area (Å²) in [5.41, 5.74) is 2.22. The van der Waals surface area contributed by atoms with E-state index in [1.165, 1.54) is 24.3 Å². The minimum atomic E-state index is -3.53. The van der Waals surface area contributed by atoms with E-state index in [9.17, 15) is 13.2 Å². The summed E-state index contributed by atoms with van der Waals surface area (Å²) >= 11 is 0. The van der Waals surface area contributed by atoms with Crippen LogP contribution in [0.15, 0.2) is 53.4 Å². The van der Waals surface area contributed by atoms with Crippen LogP contribution in [0.2, 0.25) is 0 Å². The molecular formula is C19H24N2O3S. The highest BCUT2D eigenvalue weighted by molar-refractivity contribution is 7.89. The molecule has 6 heteroatoms. The number of hydrogen-bond donors (Lipinski definition) is 2. The van der Waals surface area contributed by atoms with Crippen LogP contribution >= 0.6 is 0 Å². The van der Waals surface area contributed by atoms with Gasteiger partial charge in [-0.3, -0.25) is 4.79 Å². The van der Waals surface area contributed by atoms with Gasteiger partial charge in [0.15, 0.2) is 0 Å². The Morgan fingerprint density at radius 3 is 2.20 bits per heavy atom. The number of rotatable bonds is 8. The number of nitrogens with one attached hydrogen (secondary N) is 2.